The van der Waals surface area contributed by atoms with E-state index in [0.717, 1.165) is 22.0 Å². The van der Waals surface area contributed by atoms with Crippen molar-refractivity contribution in [2.24, 2.45) is 0 Å². The van der Waals surface area contributed by atoms with Gasteiger partial charge in [0.25, 0.3) is 0 Å². The van der Waals surface area contributed by atoms with Crippen molar-refractivity contribution in [1.82, 2.24) is 5.32 Å². The minimum absolute atomic E-state index is 0.242. The highest BCUT2D eigenvalue weighted by atomic mass is 79.9. The molecule has 6 heteroatoms. The number of alkyl halides is 1. The molecule has 0 saturated carbocycles. The van der Waals surface area contributed by atoms with Gasteiger partial charge in [0.1, 0.15) is 17.9 Å². The van der Waals surface area contributed by atoms with Crippen LogP contribution in [0.1, 0.15) is 37.5 Å². The number of alkyl carbamates (subject to hydrolysis) is 1. The molecule has 0 aromatic heterocycles. The van der Waals surface area contributed by atoms with Crippen LogP contribution in [0.2, 0.25) is 0 Å². The number of rotatable bonds is 4. The van der Waals surface area contributed by atoms with Crippen LogP contribution in [0, 0.1) is 13.8 Å². The number of hydrogen-bond donors (Lipinski definition) is 1. The number of esters is 1. The van der Waals surface area contributed by atoms with Gasteiger partial charge in [-0.25, -0.2) is 9.59 Å². The number of hydrogen-bond acceptors (Lipinski definition) is 4. The van der Waals surface area contributed by atoms with Gasteiger partial charge in [0.15, 0.2) is 0 Å². The van der Waals surface area contributed by atoms with E-state index in [0.29, 0.717) is 5.75 Å². The fraction of sp³-hybridized carbons (Fsp3) is 0.500. The number of carbonyl (C=O) groups is 2. The Morgan fingerprint density at radius 1 is 1.18 bits per heavy atom. The normalized spacial score (nSPS) is 11.0. The molecule has 1 aromatic carbocycles. The minimum Gasteiger partial charge on any atom is -0.444 e. The van der Waals surface area contributed by atoms with Crippen molar-refractivity contribution in [3.05, 3.63) is 28.8 Å². The van der Waals surface area contributed by atoms with Crippen LogP contribution in [-0.2, 0) is 14.9 Å². The van der Waals surface area contributed by atoms with Crippen molar-refractivity contribution in [2.75, 3.05) is 6.54 Å². The molecular formula is C16H22BrNO4. The number of ether oxygens (including phenoxy) is 2. The summed E-state index contributed by atoms with van der Waals surface area (Å²) in [5.74, 6) is -0.00987. The second-order valence-corrected chi connectivity index (χ2v) is 6.58. The van der Waals surface area contributed by atoms with Crippen LogP contribution >= 0.6 is 15.9 Å². The third-order valence-corrected chi connectivity index (χ3v) is 3.31. The van der Waals surface area contributed by atoms with E-state index in [1.54, 1.807) is 20.8 Å². The van der Waals surface area contributed by atoms with Crippen LogP contribution in [-0.4, -0.2) is 24.2 Å². The van der Waals surface area contributed by atoms with Crippen molar-refractivity contribution in [3.63, 3.8) is 0 Å². The van der Waals surface area contributed by atoms with Gasteiger partial charge in [-0.2, -0.15) is 0 Å². The highest BCUT2D eigenvalue weighted by Gasteiger charge is 2.17. The number of carbonyl (C=O) groups excluding carboxylic acids is 2. The second-order valence-electron chi connectivity index (χ2n) is 6.02. The standard InChI is InChI=1S/C16H22BrNO4/c1-10-6-12(8-17)7-11(2)14(10)21-13(19)9-18-15(20)22-16(3,4)5/h6-7H,8-9H2,1-5H3,(H,18,20). The summed E-state index contributed by atoms with van der Waals surface area (Å²) in [4.78, 5) is 23.3. The zero-order chi connectivity index (χ0) is 16.9. The van der Waals surface area contributed by atoms with Gasteiger partial charge in [-0.3, -0.25) is 0 Å². The first kappa shape index (κ1) is 18.5. The van der Waals surface area contributed by atoms with E-state index in [1.807, 2.05) is 26.0 Å². The Morgan fingerprint density at radius 3 is 2.18 bits per heavy atom. The number of nitrogens with one attached hydrogen (secondary N) is 1. The van der Waals surface area contributed by atoms with Gasteiger partial charge in [-0.1, -0.05) is 28.1 Å². The van der Waals surface area contributed by atoms with E-state index in [1.165, 1.54) is 0 Å². The molecule has 0 unspecified atom stereocenters. The summed E-state index contributed by atoms with van der Waals surface area (Å²) in [5.41, 5.74) is 2.26. The molecule has 22 heavy (non-hydrogen) atoms. The minimum atomic E-state index is -0.646. The lowest BCUT2D eigenvalue weighted by Gasteiger charge is -2.19. The summed E-state index contributed by atoms with van der Waals surface area (Å²) >= 11 is 3.40. The Bertz CT molecular complexity index is 541. The maximum Gasteiger partial charge on any atom is 0.408 e. The van der Waals surface area contributed by atoms with E-state index in [-0.39, 0.29) is 6.54 Å². The molecule has 0 heterocycles. The van der Waals surface area contributed by atoms with Crippen LogP contribution < -0.4 is 10.1 Å². The van der Waals surface area contributed by atoms with Crippen molar-refractivity contribution in [3.8, 4) is 5.75 Å². The van der Waals surface area contributed by atoms with E-state index >= 15 is 0 Å². The average molecular weight is 372 g/mol. The summed E-state index contributed by atoms with van der Waals surface area (Å²) < 4.78 is 10.4. The molecule has 0 aliphatic heterocycles. The highest BCUT2D eigenvalue weighted by Crippen LogP contribution is 2.25. The molecule has 0 saturated heterocycles. The van der Waals surface area contributed by atoms with Gasteiger partial charge in [0, 0.05) is 5.33 Å². The maximum atomic E-state index is 11.8. The SMILES string of the molecule is Cc1cc(CBr)cc(C)c1OC(=O)CNC(=O)OC(C)(C)C. The summed E-state index contributed by atoms with van der Waals surface area (Å²) in [5, 5.41) is 3.12. The van der Waals surface area contributed by atoms with E-state index in [4.69, 9.17) is 9.47 Å². The Kier molecular flexibility index (Phi) is 6.41. The quantitative estimate of drug-likeness (QED) is 0.498. The molecule has 122 valence electrons. The van der Waals surface area contributed by atoms with Crippen LogP contribution in [0.3, 0.4) is 0 Å². The predicted molar refractivity (Wildman–Crippen MR) is 88.4 cm³/mol. The van der Waals surface area contributed by atoms with Gasteiger partial charge in [0.2, 0.25) is 0 Å². The molecule has 0 atom stereocenters. The zero-order valence-corrected chi connectivity index (χ0v) is 15.2. The third kappa shape index (κ3) is 6.05. The molecule has 0 spiro atoms. The Balaban J connectivity index is 2.61. The van der Waals surface area contributed by atoms with Gasteiger partial charge < -0.3 is 14.8 Å². The summed E-state index contributed by atoms with van der Waals surface area (Å²) in [6, 6.07) is 3.90. The molecule has 1 amide bonds. The molecule has 5 nitrogen and oxygen atoms in total. The Morgan fingerprint density at radius 2 is 1.73 bits per heavy atom. The molecule has 0 aliphatic carbocycles. The lowest BCUT2D eigenvalue weighted by Crippen LogP contribution is -2.36. The van der Waals surface area contributed by atoms with Crippen molar-refractivity contribution in [2.45, 2.75) is 45.5 Å². The Hall–Kier alpha value is -1.56. The molecule has 0 bridgehead atoms. The van der Waals surface area contributed by atoms with Crippen molar-refractivity contribution in [1.29, 1.82) is 0 Å². The van der Waals surface area contributed by atoms with Crippen LogP contribution in [0.25, 0.3) is 0 Å². The summed E-state index contributed by atoms with van der Waals surface area (Å²) in [7, 11) is 0. The second kappa shape index (κ2) is 7.63. The number of aryl methyl sites for hydroxylation is 2. The van der Waals surface area contributed by atoms with E-state index < -0.39 is 17.7 Å². The molecule has 0 radical (unpaired) electrons. The first-order chi connectivity index (χ1) is 10.1. The zero-order valence-electron chi connectivity index (χ0n) is 13.6. The van der Waals surface area contributed by atoms with Gasteiger partial charge in [-0.15, -0.1) is 0 Å². The predicted octanol–water partition coefficient (Wildman–Crippen LogP) is 3.63. The third-order valence-electron chi connectivity index (χ3n) is 2.67. The number of benzene rings is 1. The summed E-state index contributed by atoms with van der Waals surface area (Å²) in [6.07, 6.45) is -0.646. The largest absolute Gasteiger partial charge is 0.444 e. The Labute approximate surface area is 139 Å². The fourth-order valence-corrected chi connectivity index (χ4v) is 2.21. The topological polar surface area (TPSA) is 64.6 Å². The molecule has 1 rings (SSSR count). The number of amides is 1. The first-order valence-corrected chi connectivity index (χ1v) is 8.08. The van der Waals surface area contributed by atoms with Crippen LogP contribution in [0.15, 0.2) is 12.1 Å². The molecule has 0 aliphatic rings. The average Bonchev–Trinajstić information content (AvgIpc) is 2.38. The highest BCUT2D eigenvalue weighted by molar-refractivity contribution is 9.08. The monoisotopic (exact) mass is 371 g/mol. The van der Waals surface area contributed by atoms with Crippen molar-refractivity contribution < 1.29 is 19.1 Å². The maximum absolute atomic E-state index is 11.8. The van der Waals surface area contributed by atoms with E-state index in [2.05, 4.69) is 21.2 Å². The molecule has 0 fully saturated rings. The van der Waals surface area contributed by atoms with Gasteiger partial charge in [-0.05, 0) is 51.3 Å². The first-order valence-electron chi connectivity index (χ1n) is 6.96. The lowest BCUT2D eigenvalue weighted by atomic mass is 10.1. The molecular weight excluding hydrogens is 350 g/mol. The number of halogens is 1. The van der Waals surface area contributed by atoms with Gasteiger partial charge >= 0.3 is 12.1 Å². The smallest absolute Gasteiger partial charge is 0.408 e. The molecule has 1 N–H and O–H groups in total. The van der Waals surface area contributed by atoms with E-state index in [9.17, 15) is 9.59 Å². The summed E-state index contributed by atoms with van der Waals surface area (Å²) in [6.45, 7) is 8.77. The molecule has 1 aromatic rings. The lowest BCUT2D eigenvalue weighted by molar-refractivity contribution is -0.133. The van der Waals surface area contributed by atoms with Crippen LogP contribution in [0.5, 0.6) is 5.75 Å². The van der Waals surface area contributed by atoms with Gasteiger partial charge in [0.05, 0.1) is 0 Å². The fourth-order valence-electron chi connectivity index (χ4n) is 1.89. The van der Waals surface area contributed by atoms with Crippen LogP contribution in [0.4, 0.5) is 4.79 Å². The van der Waals surface area contributed by atoms with Crippen molar-refractivity contribution >= 4 is 28.0 Å².